The van der Waals surface area contributed by atoms with Crippen LogP contribution >= 0.6 is 0 Å². The standard InChI is InChI=1S/C13H16O2/c14-12-6-7-13(15)11(9-12)8-10-4-2-1-3-5-10/h1-5,11,13,15H,6-9H2/t11-,13-/m0/s1. The highest BCUT2D eigenvalue weighted by Gasteiger charge is 2.27. The fraction of sp³-hybridized carbons (Fsp3) is 0.462. The second-order valence-corrected chi connectivity index (χ2v) is 4.30. The largest absolute Gasteiger partial charge is 0.393 e. The molecule has 0 aliphatic heterocycles. The zero-order chi connectivity index (χ0) is 10.7. The van der Waals surface area contributed by atoms with Crippen LogP contribution in [0.5, 0.6) is 0 Å². The maximum absolute atomic E-state index is 11.3. The summed E-state index contributed by atoms with van der Waals surface area (Å²) in [5.41, 5.74) is 1.20. The second kappa shape index (κ2) is 4.58. The van der Waals surface area contributed by atoms with Crippen LogP contribution in [0.25, 0.3) is 0 Å². The average Bonchev–Trinajstić information content (AvgIpc) is 2.25. The molecule has 2 atom stereocenters. The fourth-order valence-corrected chi connectivity index (χ4v) is 2.20. The van der Waals surface area contributed by atoms with E-state index in [4.69, 9.17) is 0 Å². The van der Waals surface area contributed by atoms with Crippen LogP contribution in [-0.2, 0) is 11.2 Å². The normalized spacial score (nSPS) is 26.6. The Morgan fingerprint density at radius 2 is 2.00 bits per heavy atom. The number of benzene rings is 1. The second-order valence-electron chi connectivity index (χ2n) is 4.30. The highest BCUT2D eigenvalue weighted by atomic mass is 16.3. The maximum atomic E-state index is 11.3. The van der Waals surface area contributed by atoms with E-state index in [0.29, 0.717) is 25.0 Å². The molecule has 1 fully saturated rings. The topological polar surface area (TPSA) is 37.3 Å². The van der Waals surface area contributed by atoms with Crippen molar-refractivity contribution in [3.63, 3.8) is 0 Å². The van der Waals surface area contributed by atoms with Gasteiger partial charge in [0.05, 0.1) is 6.10 Å². The molecule has 1 aromatic carbocycles. The predicted octanol–water partition coefficient (Wildman–Crippen LogP) is 1.96. The molecular formula is C13H16O2. The van der Waals surface area contributed by atoms with Gasteiger partial charge in [-0.1, -0.05) is 30.3 Å². The zero-order valence-corrected chi connectivity index (χ0v) is 8.73. The van der Waals surface area contributed by atoms with E-state index < -0.39 is 0 Å². The van der Waals surface area contributed by atoms with Gasteiger partial charge in [-0.15, -0.1) is 0 Å². The maximum Gasteiger partial charge on any atom is 0.133 e. The molecule has 0 saturated heterocycles. The van der Waals surface area contributed by atoms with Crippen LogP contribution in [0.4, 0.5) is 0 Å². The van der Waals surface area contributed by atoms with Crippen molar-refractivity contribution in [3.8, 4) is 0 Å². The molecule has 0 spiro atoms. The molecule has 1 aliphatic rings. The summed E-state index contributed by atoms with van der Waals surface area (Å²) in [7, 11) is 0. The summed E-state index contributed by atoms with van der Waals surface area (Å²) in [4.78, 5) is 11.3. The minimum absolute atomic E-state index is 0.119. The molecule has 1 aromatic rings. The monoisotopic (exact) mass is 204 g/mol. The first kappa shape index (κ1) is 10.4. The lowest BCUT2D eigenvalue weighted by atomic mass is 9.82. The summed E-state index contributed by atoms with van der Waals surface area (Å²) in [5.74, 6) is 0.412. The number of aliphatic hydroxyl groups excluding tert-OH is 1. The highest BCUT2D eigenvalue weighted by molar-refractivity contribution is 5.79. The number of carbonyl (C=O) groups is 1. The Bertz CT molecular complexity index is 332. The third-order valence-electron chi connectivity index (χ3n) is 3.09. The molecular weight excluding hydrogens is 188 g/mol. The van der Waals surface area contributed by atoms with Gasteiger partial charge in [-0.05, 0) is 24.3 Å². The van der Waals surface area contributed by atoms with E-state index >= 15 is 0 Å². The Balaban J connectivity index is 2.01. The molecule has 1 saturated carbocycles. The summed E-state index contributed by atoms with van der Waals surface area (Å²) >= 11 is 0. The van der Waals surface area contributed by atoms with E-state index in [1.54, 1.807) is 0 Å². The smallest absolute Gasteiger partial charge is 0.133 e. The molecule has 2 heteroatoms. The Hall–Kier alpha value is -1.15. The molecule has 2 nitrogen and oxygen atoms in total. The van der Waals surface area contributed by atoms with Gasteiger partial charge >= 0.3 is 0 Å². The molecule has 0 bridgehead atoms. The first-order valence-corrected chi connectivity index (χ1v) is 5.49. The van der Waals surface area contributed by atoms with Crippen molar-refractivity contribution in [2.75, 3.05) is 0 Å². The van der Waals surface area contributed by atoms with Crippen molar-refractivity contribution in [1.29, 1.82) is 0 Å². The number of Topliss-reactive ketones (excluding diaryl/α,β-unsaturated/α-hetero) is 1. The lowest BCUT2D eigenvalue weighted by Gasteiger charge is -2.26. The first-order chi connectivity index (χ1) is 7.25. The molecule has 80 valence electrons. The molecule has 0 heterocycles. The summed E-state index contributed by atoms with van der Waals surface area (Å²) in [6.07, 6.45) is 2.23. The van der Waals surface area contributed by atoms with Crippen LogP contribution in [0, 0.1) is 5.92 Å². The fourth-order valence-electron chi connectivity index (χ4n) is 2.20. The summed E-state index contributed by atoms with van der Waals surface area (Å²) in [5, 5.41) is 9.80. The lowest BCUT2D eigenvalue weighted by Crippen LogP contribution is -2.30. The van der Waals surface area contributed by atoms with Crippen LogP contribution in [-0.4, -0.2) is 17.0 Å². The van der Waals surface area contributed by atoms with E-state index in [1.807, 2.05) is 30.3 Å². The summed E-state index contributed by atoms with van der Waals surface area (Å²) < 4.78 is 0. The van der Waals surface area contributed by atoms with Gasteiger partial charge in [0, 0.05) is 12.8 Å². The predicted molar refractivity (Wildman–Crippen MR) is 58.5 cm³/mol. The highest BCUT2D eigenvalue weighted by Crippen LogP contribution is 2.25. The molecule has 1 aliphatic carbocycles. The van der Waals surface area contributed by atoms with E-state index in [1.165, 1.54) is 5.56 Å². The molecule has 0 amide bonds. The third-order valence-corrected chi connectivity index (χ3v) is 3.09. The minimum atomic E-state index is -0.303. The van der Waals surface area contributed by atoms with Gasteiger partial charge in [0.2, 0.25) is 0 Å². The van der Waals surface area contributed by atoms with Crippen molar-refractivity contribution < 1.29 is 9.90 Å². The van der Waals surface area contributed by atoms with Gasteiger partial charge in [-0.25, -0.2) is 0 Å². The first-order valence-electron chi connectivity index (χ1n) is 5.49. The Morgan fingerprint density at radius 1 is 1.27 bits per heavy atom. The molecule has 2 rings (SSSR count). The number of rotatable bonds is 2. The molecule has 0 radical (unpaired) electrons. The summed E-state index contributed by atoms with van der Waals surface area (Å²) in [6.45, 7) is 0. The van der Waals surface area contributed by atoms with Crippen LogP contribution < -0.4 is 0 Å². The number of carbonyl (C=O) groups excluding carboxylic acids is 1. The van der Waals surface area contributed by atoms with Crippen molar-refractivity contribution in [2.45, 2.75) is 31.8 Å². The Morgan fingerprint density at radius 3 is 2.73 bits per heavy atom. The molecule has 0 aromatic heterocycles. The van der Waals surface area contributed by atoms with Crippen LogP contribution in [0.3, 0.4) is 0 Å². The zero-order valence-electron chi connectivity index (χ0n) is 8.73. The molecule has 15 heavy (non-hydrogen) atoms. The number of aliphatic hydroxyl groups is 1. The van der Waals surface area contributed by atoms with Gasteiger partial charge in [0.1, 0.15) is 5.78 Å². The van der Waals surface area contributed by atoms with E-state index in [0.717, 1.165) is 6.42 Å². The van der Waals surface area contributed by atoms with Gasteiger partial charge < -0.3 is 5.11 Å². The Kier molecular flexibility index (Phi) is 3.17. The van der Waals surface area contributed by atoms with Crippen LogP contribution in [0.15, 0.2) is 30.3 Å². The number of ketones is 1. The quantitative estimate of drug-likeness (QED) is 0.799. The van der Waals surface area contributed by atoms with Crippen LogP contribution in [0.2, 0.25) is 0 Å². The third kappa shape index (κ3) is 2.66. The molecule has 1 N–H and O–H groups in total. The van der Waals surface area contributed by atoms with E-state index in [2.05, 4.69) is 0 Å². The minimum Gasteiger partial charge on any atom is -0.393 e. The van der Waals surface area contributed by atoms with E-state index in [-0.39, 0.29) is 12.0 Å². The Labute approximate surface area is 89.9 Å². The van der Waals surface area contributed by atoms with Gasteiger partial charge in [-0.3, -0.25) is 4.79 Å². The number of hydrogen-bond donors (Lipinski definition) is 1. The van der Waals surface area contributed by atoms with Crippen molar-refractivity contribution in [1.82, 2.24) is 0 Å². The van der Waals surface area contributed by atoms with Crippen molar-refractivity contribution in [2.24, 2.45) is 5.92 Å². The van der Waals surface area contributed by atoms with Gasteiger partial charge in [-0.2, -0.15) is 0 Å². The van der Waals surface area contributed by atoms with Gasteiger partial charge in [0.25, 0.3) is 0 Å². The number of hydrogen-bond acceptors (Lipinski definition) is 2. The molecule has 0 unspecified atom stereocenters. The van der Waals surface area contributed by atoms with E-state index in [9.17, 15) is 9.90 Å². The van der Waals surface area contributed by atoms with Crippen molar-refractivity contribution in [3.05, 3.63) is 35.9 Å². The van der Waals surface area contributed by atoms with Gasteiger partial charge in [0.15, 0.2) is 0 Å². The van der Waals surface area contributed by atoms with Crippen molar-refractivity contribution >= 4 is 5.78 Å². The summed E-state index contributed by atoms with van der Waals surface area (Å²) in [6, 6.07) is 10.1. The lowest BCUT2D eigenvalue weighted by molar-refractivity contribution is -0.124. The van der Waals surface area contributed by atoms with Crippen LogP contribution in [0.1, 0.15) is 24.8 Å². The SMILES string of the molecule is O=C1CC[C@H](O)[C@@H](Cc2ccccc2)C1. The average molecular weight is 204 g/mol.